The predicted molar refractivity (Wildman–Crippen MR) is 60.4 cm³/mol. The summed E-state index contributed by atoms with van der Waals surface area (Å²) in [4.78, 5) is 13.1. The summed E-state index contributed by atoms with van der Waals surface area (Å²) in [5.41, 5.74) is 11.4. The van der Waals surface area contributed by atoms with E-state index in [0.717, 1.165) is 13.1 Å². The van der Waals surface area contributed by atoms with Gasteiger partial charge in [0.05, 0.1) is 13.5 Å². The van der Waals surface area contributed by atoms with Crippen LogP contribution >= 0.6 is 0 Å². The number of hydrogen-bond donors (Lipinski definition) is 2. The van der Waals surface area contributed by atoms with Crippen molar-refractivity contribution < 1.29 is 9.53 Å². The Morgan fingerprint density at radius 1 is 1.27 bits per heavy atom. The van der Waals surface area contributed by atoms with E-state index < -0.39 is 0 Å². The van der Waals surface area contributed by atoms with E-state index >= 15 is 0 Å². The highest BCUT2D eigenvalue weighted by molar-refractivity contribution is 5.69. The molecule has 0 heterocycles. The first kappa shape index (κ1) is 14.3. The Balaban J connectivity index is 3.95. The molecule has 5 nitrogen and oxygen atoms in total. The maximum absolute atomic E-state index is 11.0. The van der Waals surface area contributed by atoms with Gasteiger partial charge in [0.2, 0.25) is 0 Å². The molecule has 0 aromatic rings. The molecule has 15 heavy (non-hydrogen) atoms. The molecule has 0 saturated heterocycles. The van der Waals surface area contributed by atoms with Gasteiger partial charge in [-0.1, -0.05) is 0 Å². The standard InChI is InChI=1S/C10H23N3O2/c1-8(11)6-13(7-9(2)12)5-4-10(14)15-3/h8-9H,4-7,11-12H2,1-3H3. The highest BCUT2D eigenvalue weighted by atomic mass is 16.5. The van der Waals surface area contributed by atoms with Crippen molar-refractivity contribution in [3.8, 4) is 0 Å². The van der Waals surface area contributed by atoms with Gasteiger partial charge in [0, 0.05) is 31.7 Å². The third-order valence-electron chi connectivity index (χ3n) is 1.95. The monoisotopic (exact) mass is 217 g/mol. The van der Waals surface area contributed by atoms with Crippen LogP contribution in [0.25, 0.3) is 0 Å². The van der Waals surface area contributed by atoms with Gasteiger partial charge in [0.25, 0.3) is 0 Å². The summed E-state index contributed by atoms with van der Waals surface area (Å²) in [5.74, 6) is -0.200. The fourth-order valence-corrected chi connectivity index (χ4v) is 1.42. The Morgan fingerprint density at radius 3 is 2.07 bits per heavy atom. The van der Waals surface area contributed by atoms with E-state index in [0.29, 0.717) is 13.0 Å². The molecule has 0 aromatic heterocycles. The highest BCUT2D eigenvalue weighted by Crippen LogP contribution is 1.96. The molecule has 0 saturated carbocycles. The van der Waals surface area contributed by atoms with Crippen LogP contribution in [0.5, 0.6) is 0 Å². The second-order valence-electron chi connectivity index (χ2n) is 4.04. The predicted octanol–water partition coefficient (Wildman–Crippen LogP) is -0.454. The average molecular weight is 217 g/mol. The van der Waals surface area contributed by atoms with Gasteiger partial charge in [-0.05, 0) is 13.8 Å². The van der Waals surface area contributed by atoms with Gasteiger partial charge in [-0.3, -0.25) is 9.69 Å². The minimum Gasteiger partial charge on any atom is -0.469 e. The van der Waals surface area contributed by atoms with E-state index in [-0.39, 0.29) is 18.1 Å². The van der Waals surface area contributed by atoms with E-state index in [1.54, 1.807) is 0 Å². The van der Waals surface area contributed by atoms with Gasteiger partial charge in [-0.2, -0.15) is 0 Å². The lowest BCUT2D eigenvalue weighted by molar-refractivity contribution is -0.141. The molecule has 0 fully saturated rings. The molecule has 4 N–H and O–H groups in total. The van der Waals surface area contributed by atoms with Gasteiger partial charge < -0.3 is 16.2 Å². The fourth-order valence-electron chi connectivity index (χ4n) is 1.42. The number of carbonyl (C=O) groups excluding carboxylic acids is 1. The molecule has 0 amide bonds. The van der Waals surface area contributed by atoms with Gasteiger partial charge in [0.15, 0.2) is 0 Å². The summed E-state index contributed by atoms with van der Waals surface area (Å²) in [7, 11) is 1.39. The average Bonchev–Trinajstić information content (AvgIpc) is 2.11. The highest BCUT2D eigenvalue weighted by Gasteiger charge is 2.11. The first-order valence-electron chi connectivity index (χ1n) is 5.26. The molecule has 2 atom stereocenters. The lowest BCUT2D eigenvalue weighted by atomic mass is 10.2. The van der Waals surface area contributed by atoms with E-state index in [4.69, 9.17) is 11.5 Å². The zero-order valence-electron chi connectivity index (χ0n) is 9.90. The van der Waals surface area contributed by atoms with Crippen LogP contribution in [0.1, 0.15) is 20.3 Å². The Kier molecular flexibility index (Phi) is 7.29. The zero-order valence-corrected chi connectivity index (χ0v) is 9.90. The van der Waals surface area contributed by atoms with Crippen LogP contribution in [-0.4, -0.2) is 49.7 Å². The number of ether oxygens (including phenoxy) is 1. The summed E-state index contributed by atoms with van der Waals surface area (Å²) in [5, 5.41) is 0. The smallest absolute Gasteiger partial charge is 0.306 e. The van der Waals surface area contributed by atoms with Crippen molar-refractivity contribution in [2.45, 2.75) is 32.4 Å². The van der Waals surface area contributed by atoms with E-state index in [1.807, 2.05) is 13.8 Å². The van der Waals surface area contributed by atoms with Crippen molar-refractivity contribution in [3.63, 3.8) is 0 Å². The quantitative estimate of drug-likeness (QED) is 0.564. The van der Waals surface area contributed by atoms with Crippen LogP contribution in [0.3, 0.4) is 0 Å². The van der Waals surface area contributed by atoms with Crippen molar-refractivity contribution in [2.24, 2.45) is 11.5 Å². The number of esters is 1. The summed E-state index contributed by atoms with van der Waals surface area (Å²) in [6.45, 7) is 6.02. The lowest BCUT2D eigenvalue weighted by Crippen LogP contribution is -2.42. The van der Waals surface area contributed by atoms with E-state index in [2.05, 4.69) is 9.64 Å². The number of nitrogens with zero attached hydrogens (tertiary/aromatic N) is 1. The minimum absolute atomic E-state index is 0.0846. The largest absolute Gasteiger partial charge is 0.469 e. The summed E-state index contributed by atoms with van der Waals surface area (Å²) in [6.07, 6.45) is 0.385. The third-order valence-corrected chi connectivity index (χ3v) is 1.95. The van der Waals surface area contributed by atoms with Crippen LogP contribution in [0.2, 0.25) is 0 Å². The van der Waals surface area contributed by atoms with Crippen molar-refractivity contribution >= 4 is 5.97 Å². The van der Waals surface area contributed by atoms with E-state index in [1.165, 1.54) is 7.11 Å². The Morgan fingerprint density at radius 2 is 1.73 bits per heavy atom. The molecule has 0 rings (SSSR count). The molecule has 0 radical (unpaired) electrons. The Hall–Kier alpha value is -0.650. The second kappa shape index (κ2) is 7.62. The maximum atomic E-state index is 11.0. The Labute approximate surface area is 91.7 Å². The van der Waals surface area contributed by atoms with Gasteiger partial charge >= 0.3 is 5.97 Å². The number of rotatable bonds is 7. The van der Waals surface area contributed by atoms with Crippen LogP contribution in [0.4, 0.5) is 0 Å². The van der Waals surface area contributed by atoms with Crippen molar-refractivity contribution in [3.05, 3.63) is 0 Å². The Bertz CT molecular complexity index is 174. The zero-order chi connectivity index (χ0) is 11.8. The van der Waals surface area contributed by atoms with Crippen molar-refractivity contribution in [2.75, 3.05) is 26.7 Å². The number of hydrogen-bond acceptors (Lipinski definition) is 5. The first-order chi connectivity index (χ1) is 6.95. The van der Waals surface area contributed by atoms with Crippen LogP contribution in [0.15, 0.2) is 0 Å². The first-order valence-corrected chi connectivity index (χ1v) is 5.26. The summed E-state index contributed by atoms with van der Waals surface area (Å²) in [6, 6.07) is 0.169. The third kappa shape index (κ3) is 8.35. The normalized spacial score (nSPS) is 15.1. The van der Waals surface area contributed by atoms with Crippen LogP contribution < -0.4 is 11.5 Å². The maximum Gasteiger partial charge on any atom is 0.306 e. The topological polar surface area (TPSA) is 81.6 Å². The van der Waals surface area contributed by atoms with Crippen molar-refractivity contribution in [1.82, 2.24) is 4.90 Å². The molecule has 90 valence electrons. The lowest BCUT2D eigenvalue weighted by Gasteiger charge is -2.25. The van der Waals surface area contributed by atoms with Gasteiger partial charge in [-0.15, -0.1) is 0 Å². The molecule has 0 aliphatic rings. The molecule has 0 aliphatic carbocycles. The molecule has 0 aromatic carbocycles. The van der Waals surface area contributed by atoms with Gasteiger partial charge in [0.1, 0.15) is 0 Å². The van der Waals surface area contributed by atoms with Crippen LogP contribution in [-0.2, 0) is 9.53 Å². The molecule has 0 bridgehead atoms. The number of carbonyl (C=O) groups is 1. The molecular weight excluding hydrogens is 194 g/mol. The second-order valence-corrected chi connectivity index (χ2v) is 4.04. The molecule has 0 aliphatic heterocycles. The van der Waals surface area contributed by atoms with E-state index in [9.17, 15) is 4.79 Å². The van der Waals surface area contributed by atoms with Gasteiger partial charge in [-0.25, -0.2) is 0 Å². The number of methoxy groups -OCH3 is 1. The van der Waals surface area contributed by atoms with Crippen molar-refractivity contribution in [1.29, 1.82) is 0 Å². The summed E-state index contributed by atoms with van der Waals surface area (Å²) >= 11 is 0. The van der Waals surface area contributed by atoms with Crippen LogP contribution in [0, 0.1) is 0 Å². The summed E-state index contributed by atoms with van der Waals surface area (Å²) < 4.78 is 4.58. The molecule has 2 unspecified atom stereocenters. The SMILES string of the molecule is COC(=O)CCN(CC(C)N)CC(C)N. The molecule has 0 spiro atoms. The molecular formula is C10H23N3O2. The fraction of sp³-hybridized carbons (Fsp3) is 0.900. The number of nitrogens with two attached hydrogens (primary N) is 2. The minimum atomic E-state index is -0.200. The molecule has 5 heteroatoms.